The number of nitro groups is 1. The normalized spacial score (nSPS) is 23.0. The first-order valence-corrected chi connectivity index (χ1v) is 7.32. The lowest BCUT2D eigenvalue weighted by molar-refractivity contribution is -0.385. The van der Waals surface area contributed by atoms with Gasteiger partial charge in [-0.15, -0.1) is 0 Å². The van der Waals surface area contributed by atoms with Gasteiger partial charge in [-0.2, -0.15) is 5.10 Å². The Morgan fingerprint density at radius 3 is 2.62 bits per heavy atom. The highest BCUT2D eigenvalue weighted by Gasteiger charge is 2.22. The molecule has 0 amide bonds. The Bertz CT molecular complexity index is 544. The van der Waals surface area contributed by atoms with E-state index in [0.29, 0.717) is 17.6 Å². The molecule has 0 aromatic heterocycles. The van der Waals surface area contributed by atoms with Crippen molar-refractivity contribution in [2.24, 2.45) is 5.10 Å². The zero-order valence-corrected chi connectivity index (χ0v) is 12.5. The standard InChI is InChI=1S/C16H21N3O2/c1-13-7-5-8-14(2)18(13)17-12-6-10-15-9-3-4-11-16(15)19(20)21/h3-4,6,9-14H,5,7-8H2,1-2H3/b10-6+,17-12?. The van der Waals surface area contributed by atoms with E-state index in [1.54, 1.807) is 36.6 Å². The van der Waals surface area contributed by atoms with Crippen molar-refractivity contribution in [1.29, 1.82) is 0 Å². The quantitative estimate of drug-likeness (QED) is 0.480. The molecule has 1 saturated heterocycles. The van der Waals surface area contributed by atoms with E-state index < -0.39 is 0 Å². The minimum absolute atomic E-state index is 0.113. The lowest BCUT2D eigenvalue weighted by atomic mass is 10.00. The van der Waals surface area contributed by atoms with Gasteiger partial charge in [0.1, 0.15) is 0 Å². The summed E-state index contributed by atoms with van der Waals surface area (Å²) >= 11 is 0. The summed E-state index contributed by atoms with van der Waals surface area (Å²) in [6, 6.07) is 7.59. The zero-order valence-electron chi connectivity index (χ0n) is 12.5. The Morgan fingerprint density at radius 1 is 1.29 bits per heavy atom. The van der Waals surface area contributed by atoms with Gasteiger partial charge in [0.25, 0.3) is 5.69 Å². The van der Waals surface area contributed by atoms with E-state index in [-0.39, 0.29) is 10.6 Å². The fraction of sp³-hybridized carbons (Fsp3) is 0.438. The summed E-state index contributed by atoms with van der Waals surface area (Å²) in [6.45, 7) is 4.36. The van der Waals surface area contributed by atoms with Crippen LogP contribution in [0.1, 0.15) is 38.7 Å². The van der Waals surface area contributed by atoms with Gasteiger partial charge in [-0.3, -0.25) is 15.1 Å². The molecule has 1 aromatic carbocycles. The number of nitrogens with zero attached hydrogens (tertiary/aromatic N) is 3. The van der Waals surface area contributed by atoms with Crippen molar-refractivity contribution in [3.8, 4) is 0 Å². The minimum Gasteiger partial charge on any atom is -0.292 e. The lowest BCUT2D eigenvalue weighted by Crippen LogP contribution is -2.39. The summed E-state index contributed by atoms with van der Waals surface area (Å²) in [5.74, 6) is 0. The maximum Gasteiger partial charge on any atom is 0.276 e. The van der Waals surface area contributed by atoms with E-state index >= 15 is 0 Å². The van der Waals surface area contributed by atoms with Crippen LogP contribution in [0.5, 0.6) is 0 Å². The predicted molar refractivity (Wildman–Crippen MR) is 85.2 cm³/mol. The first-order valence-electron chi connectivity index (χ1n) is 7.32. The van der Waals surface area contributed by atoms with E-state index in [4.69, 9.17) is 0 Å². The second-order valence-electron chi connectivity index (χ2n) is 5.45. The molecule has 1 heterocycles. The van der Waals surface area contributed by atoms with Crippen LogP contribution < -0.4 is 0 Å². The van der Waals surface area contributed by atoms with Crippen LogP contribution in [0.3, 0.4) is 0 Å². The Balaban J connectivity index is 2.05. The molecule has 21 heavy (non-hydrogen) atoms. The van der Waals surface area contributed by atoms with Crippen LogP contribution >= 0.6 is 0 Å². The molecular formula is C16H21N3O2. The molecule has 2 unspecified atom stereocenters. The second-order valence-corrected chi connectivity index (χ2v) is 5.45. The van der Waals surface area contributed by atoms with Crippen LogP contribution in [0, 0.1) is 10.1 Å². The topological polar surface area (TPSA) is 58.7 Å². The van der Waals surface area contributed by atoms with E-state index in [2.05, 4.69) is 24.0 Å². The molecule has 5 heteroatoms. The second kappa shape index (κ2) is 7.02. The number of rotatable bonds is 4. The Morgan fingerprint density at radius 2 is 1.95 bits per heavy atom. The van der Waals surface area contributed by atoms with Gasteiger partial charge in [0.05, 0.1) is 10.5 Å². The molecule has 0 N–H and O–H groups in total. The third kappa shape index (κ3) is 3.90. The van der Waals surface area contributed by atoms with Crippen LogP contribution in [0.15, 0.2) is 35.4 Å². The van der Waals surface area contributed by atoms with E-state index in [1.807, 2.05) is 0 Å². The fourth-order valence-corrected chi connectivity index (χ4v) is 2.69. The van der Waals surface area contributed by atoms with E-state index in [0.717, 1.165) is 12.8 Å². The van der Waals surface area contributed by atoms with Crippen LogP contribution in [-0.4, -0.2) is 28.2 Å². The van der Waals surface area contributed by atoms with Gasteiger partial charge < -0.3 is 0 Å². The Hall–Kier alpha value is -2.17. The number of hydrazone groups is 1. The number of hydrogen-bond donors (Lipinski definition) is 0. The SMILES string of the molecule is CC1CCCC(C)N1N=C/C=C/c1ccccc1[N+](=O)[O-]. The molecular weight excluding hydrogens is 266 g/mol. The van der Waals surface area contributed by atoms with Gasteiger partial charge in [0.15, 0.2) is 0 Å². The molecule has 1 aliphatic rings. The minimum atomic E-state index is -0.369. The molecule has 2 atom stereocenters. The van der Waals surface area contributed by atoms with Crippen LogP contribution in [0.25, 0.3) is 6.08 Å². The molecule has 5 nitrogen and oxygen atoms in total. The smallest absolute Gasteiger partial charge is 0.276 e. The molecule has 1 aromatic rings. The molecule has 0 aliphatic carbocycles. The number of allylic oxidation sites excluding steroid dienone is 1. The van der Waals surface area contributed by atoms with Gasteiger partial charge in [-0.1, -0.05) is 12.1 Å². The van der Waals surface area contributed by atoms with Gasteiger partial charge in [-0.25, -0.2) is 0 Å². The van der Waals surface area contributed by atoms with Crippen molar-refractivity contribution in [3.05, 3.63) is 46.0 Å². The summed E-state index contributed by atoms with van der Waals surface area (Å²) in [6.07, 6.45) is 8.78. The summed E-state index contributed by atoms with van der Waals surface area (Å²) < 4.78 is 0. The number of nitro benzene ring substituents is 1. The molecule has 0 spiro atoms. The largest absolute Gasteiger partial charge is 0.292 e. The number of para-hydroxylation sites is 1. The van der Waals surface area contributed by atoms with Crippen molar-refractivity contribution < 1.29 is 4.92 Å². The Labute approximate surface area is 125 Å². The van der Waals surface area contributed by atoms with Crippen LogP contribution in [0.2, 0.25) is 0 Å². The molecule has 2 rings (SSSR count). The lowest BCUT2D eigenvalue weighted by Gasteiger charge is -2.36. The van der Waals surface area contributed by atoms with Gasteiger partial charge >= 0.3 is 0 Å². The maximum absolute atomic E-state index is 10.9. The fourth-order valence-electron chi connectivity index (χ4n) is 2.69. The first-order chi connectivity index (χ1) is 10.1. The third-order valence-corrected chi connectivity index (χ3v) is 3.84. The molecule has 112 valence electrons. The molecule has 0 bridgehead atoms. The molecule has 1 fully saturated rings. The molecule has 1 aliphatic heterocycles. The number of hydrogen-bond acceptors (Lipinski definition) is 4. The van der Waals surface area contributed by atoms with Crippen molar-refractivity contribution in [2.75, 3.05) is 0 Å². The van der Waals surface area contributed by atoms with Gasteiger partial charge in [0.2, 0.25) is 0 Å². The maximum atomic E-state index is 10.9. The van der Waals surface area contributed by atoms with E-state index in [9.17, 15) is 10.1 Å². The zero-order chi connectivity index (χ0) is 15.2. The van der Waals surface area contributed by atoms with Gasteiger partial charge in [-0.05, 0) is 51.3 Å². The Kier molecular flexibility index (Phi) is 5.09. The average molecular weight is 287 g/mol. The van der Waals surface area contributed by atoms with E-state index in [1.165, 1.54) is 12.5 Å². The molecule has 0 radical (unpaired) electrons. The summed E-state index contributed by atoms with van der Waals surface area (Å²) in [4.78, 5) is 10.5. The third-order valence-electron chi connectivity index (χ3n) is 3.84. The summed E-state index contributed by atoms with van der Waals surface area (Å²) in [5, 5.41) is 17.5. The van der Waals surface area contributed by atoms with Crippen molar-refractivity contribution in [2.45, 2.75) is 45.2 Å². The van der Waals surface area contributed by atoms with Gasteiger partial charge in [0, 0.05) is 24.4 Å². The highest BCUT2D eigenvalue weighted by atomic mass is 16.6. The first kappa shape index (κ1) is 15.2. The molecule has 0 saturated carbocycles. The number of piperidine rings is 1. The highest BCUT2D eigenvalue weighted by molar-refractivity contribution is 5.79. The number of benzene rings is 1. The van der Waals surface area contributed by atoms with Crippen LogP contribution in [0.4, 0.5) is 5.69 Å². The van der Waals surface area contributed by atoms with Crippen molar-refractivity contribution in [3.63, 3.8) is 0 Å². The predicted octanol–water partition coefficient (Wildman–Crippen LogP) is 3.86. The van der Waals surface area contributed by atoms with Crippen molar-refractivity contribution >= 4 is 18.0 Å². The monoisotopic (exact) mass is 287 g/mol. The summed E-state index contributed by atoms with van der Waals surface area (Å²) in [5.41, 5.74) is 0.704. The highest BCUT2D eigenvalue weighted by Crippen LogP contribution is 2.22. The van der Waals surface area contributed by atoms with Crippen molar-refractivity contribution in [1.82, 2.24) is 5.01 Å². The summed E-state index contributed by atoms with van der Waals surface area (Å²) in [7, 11) is 0. The average Bonchev–Trinajstić information content (AvgIpc) is 2.46. The van der Waals surface area contributed by atoms with Crippen LogP contribution in [-0.2, 0) is 0 Å².